The van der Waals surface area contributed by atoms with Crippen molar-refractivity contribution in [2.24, 2.45) is 0 Å². The van der Waals surface area contributed by atoms with Crippen LogP contribution in [0.15, 0.2) is 123 Å². The first-order chi connectivity index (χ1) is 17.2. The number of hydrogen-bond acceptors (Lipinski definition) is 7. The first-order valence-corrected chi connectivity index (χ1v) is 14.0. The number of ether oxygens (including phenoxy) is 2. The first kappa shape index (κ1) is 25.3. The van der Waals surface area contributed by atoms with Crippen molar-refractivity contribution in [3.8, 4) is 17.2 Å². The van der Waals surface area contributed by atoms with Crippen molar-refractivity contribution in [1.82, 2.24) is 0 Å². The summed E-state index contributed by atoms with van der Waals surface area (Å²) in [7, 11) is -7.58. The van der Waals surface area contributed by atoms with E-state index in [1.54, 1.807) is 36.4 Å². The minimum atomic E-state index is -3.81. The van der Waals surface area contributed by atoms with Crippen molar-refractivity contribution in [3.05, 3.63) is 103 Å². The Morgan fingerprint density at radius 3 is 1.78 bits per heavy atom. The van der Waals surface area contributed by atoms with Crippen molar-refractivity contribution < 1.29 is 31.4 Å². The highest BCUT2D eigenvalue weighted by Crippen LogP contribution is 2.31. The number of hydrogen-bond donors (Lipinski definition) is 1. The third-order valence-corrected chi connectivity index (χ3v) is 8.93. The van der Waals surface area contributed by atoms with Crippen LogP contribution in [0.5, 0.6) is 17.2 Å². The van der Waals surface area contributed by atoms with E-state index in [1.165, 1.54) is 66.7 Å². The van der Waals surface area contributed by atoms with Crippen LogP contribution in [0.25, 0.3) is 0 Å². The zero-order valence-electron chi connectivity index (χ0n) is 19.3. The minimum Gasteiger partial charge on any atom is -0.508 e. The molecule has 0 radical (unpaired) electrons. The Hall–Kier alpha value is -3.82. The largest absolute Gasteiger partial charge is 0.508 e. The Labute approximate surface area is 210 Å². The molecule has 0 aliphatic rings. The molecule has 0 saturated heterocycles. The van der Waals surface area contributed by atoms with Gasteiger partial charge in [-0.15, -0.1) is 0 Å². The van der Waals surface area contributed by atoms with Gasteiger partial charge in [0.05, 0.1) is 14.7 Å². The van der Waals surface area contributed by atoms with Gasteiger partial charge in [-0.1, -0.05) is 37.3 Å². The van der Waals surface area contributed by atoms with Crippen LogP contribution in [0.4, 0.5) is 0 Å². The van der Waals surface area contributed by atoms with Crippen molar-refractivity contribution in [1.29, 1.82) is 0 Å². The van der Waals surface area contributed by atoms with E-state index < -0.39 is 26.0 Å². The van der Waals surface area contributed by atoms with Gasteiger partial charge in [0.1, 0.15) is 22.1 Å². The standard InChI is InChI=1S/C27H24O7S2/c1-2-27(34-25-10-6-7-11-26(25)36(31,32)22-8-4-3-5-9-22)33-21-14-18-24(19-15-21)35(29,30)23-16-12-20(28)13-17-23/h3-19,27-28H,2H2,1H3. The molecule has 1 N–H and O–H groups in total. The predicted molar refractivity (Wildman–Crippen MR) is 134 cm³/mol. The van der Waals surface area contributed by atoms with Crippen molar-refractivity contribution >= 4 is 19.7 Å². The van der Waals surface area contributed by atoms with Gasteiger partial charge in [0.15, 0.2) is 0 Å². The van der Waals surface area contributed by atoms with Crippen LogP contribution in [0.3, 0.4) is 0 Å². The Morgan fingerprint density at radius 1 is 0.639 bits per heavy atom. The molecule has 9 heteroatoms. The highest BCUT2D eigenvalue weighted by molar-refractivity contribution is 7.91. The molecular weight excluding hydrogens is 500 g/mol. The maximum absolute atomic E-state index is 13.2. The van der Waals surface area contributed by atoms with Crippen LogP contribution in [0.2, 0.25) is 0 Å². The Morgan fingerprint density at radius 2 is 1.17 bits per heavy atom. The Kier molecular flexibility index (Phi) is 7.32. The molecule has 0 spiro atoms. The Bertz CT molecular complexity index is 1530. The molecule has 0 fully saturated rings. The van der Waals surface area contributed by atoms with Gasteiger partial charge in [0, 0.05) is 6.42 Å². The van der Waals surface area contributed by atoms with Gasteiger partial charge < -0.3 is 14.6 Å². The van der Waals surface area contributed by atoms with Crippen LogP contribution < -0.4 is 9.47 Å². The fourth-order valence-corrected chi connectivity index (χ4v) is 6.11. The zero-order valence-corrected chi connectivity index (χ0v) is 20.9. The number of phenolic OH excluding ortho intramolecular Hbond substituents is 1. The van der Waals surface area contributed by atoms with Gasteiger partial charge >= 0.3 is 0 Å². The summed E-state index contributed by atoms with van der Waals surface area (Å²) in [4.78, 5) is 0.294. The molecule has 0 aromatic heterocycles. The molecule has 4 aromatic carbocycles. The molecule has 186 valence electrons. The quantitative estimate of drug-likeness (QED) is 0.298. The Balaban J connectivity index is 1.54. The average molecular weight is 525 g/mol. The van der Waals surface area contributed by atoms with Gasteiger partial charge in [-0.25, -0.2) is 16.8 Å². The van der Waals surface area contributed by atoms with Crippen LogP contribution >= 0.6 is 0 Å². The number of phenols is 1. The van der Waals surface area contributed by atoms with Crippen LogP contribution in [0.1, 0.15) is 13.3 Å². The summed E-state index contributed by atoms with van der Waals surface area (Å²) in [5, 5.41) is 9.41. The molecule has 0 saturated carbocycles. The molecule has 0 amide bonds. The molecule has 0 bridgehead atoms. The van der Waals surface area contributed by atoms with Crippen molar-refractivity contribution in [2.75, 3.05) is 0 Å². The van der Waals surface area contributed by atoms with Gasteiger partial charge in [0.2, 0.25) is 26.0 Å². The van der Waals surface area contributed by atoms with Gasteiger partial charge in [-0.2, -0.15) is 0 Å². The summed E-state index contributed by atoms with van der Waals surface area (Å²) in [5.41, 5.74) is 0. The van der Waals surface area contributed by atoms with E-state index in [0.29, 0.717) is 12.2 Å². The van der Waals surface area contributed by atoms with Crippen LogP contribution in [0, 0.1) is 0 Å². The summed E-state index contributed by atoms with van der Waals surface area (Å²) < 4.78 is 63.8. The van der Waals surface area contributed by atoms with Crippen molar-refractivity contribution in [2.45, 2.75) is 39.2 Å². The lowest BCUT2D eigenvalue weighted by Gasteiger charge is -2.21. The maximum atomic E-state index is 13.2. The molecule has 4 rings (SSSR count). The maximum Gasteiger partial charge on any atom is 0.240 e. The second kappa shape index (κ2) is 10.4. The van der Waals surface area contributed by atoms with E-state index in [-0.39, 0.29) is 31.1 Å². The molecule has 1 unspecified atom stereocenters. The molecular formula is C27H24O7S2. The fraction of sp³-hybridized carbons (Fsp3) is 0.111. The van der Waals surface area contributed by atoms with Gasteiger partial charge in [-0.3, -0.25) is 0 Å². The summed E-state index contributed by atoms with van der Waals surface area (Å²) in [6.07, 6.45) is -0.426. The molecule has 1 atom stereocenters. The second-order valence-electron chi connectivity index (χ2n) is 7.81. The molecule has 4 aromatic rings. The lowest BCUT2D eigenvalue weighted by Crippen LogP contribution is -2.24. The van der Waals surface area contributed by atoms with Gasteiger partial charge in [0.25, 0.3) is 0 Å². The normalized spacial score (nSPS) is 12.6. The molecule has 36 heavy (non-hydrogen) atoms. The first-order valence-electron chi connectivity index (χ1n) is 11.1. The molecule has 0 heterocycles. The number of aromatic hydroxyl groups is 1. The summed E-state index contributed by atoms with van der Waals surface area (Å²) in [5.74, 6) is 0.482. The average Bonchev–Trinajstić information content (AvgIpc) is 2.89. The van der Waals surface area contributed by atoms with E-state index in [0.717, 1.165) is 0 Å². The van der Waals surface area contributed by atoms with E-state index in [9.17, 15) is 21.9 Å². The lowest BCUT2D eigenvalue weighted by molar-refractivity contribution is 0.00110. The van der Waals surface area contributed by atoms with E-state index in [2.05, 4.69) is 0 Å². The summed E-state index contributed by atoms with van der Waals surface area (Å²) in [6, 6.07) is 25.6. The van der Waals surface area contributed by atoms with Crippen LogP contribution in [-0.4, -0.2) is 28.2 Å². The van der Waals surface area contributed by atoms with E-state index >= 15 is 0 Å². The second-order valence-corrected chi connectivity index (χ2v) is 11.7. The number of sulfone groups is 2. The number of rotatable bonds is 9. The molecule has 0 aliphatic heterocycles. The highest BCUT2D eigenvalue weighted by Gasteiger charge is 2.24. The smallest absolute Gasteiger partial charge is 0.240 e. The fourth-order valence-electron chi connectivity index (χ4n) is 3.44. The zero-order chi connectivity index (χ0) is 25.8. The molecule has 7 nitrogen and oxygen atoms in total. The highest BCUT2D eigenvalue weighted by atomic mass is 32.2. The third-order valence-electron chi connectivity index (χ3n) is 5.33. The van der Waals surface area contributed by atoms with Crippen molar-refractivity contribution in [3.63, 3.8) is 0 Å². The lowest BCUT2D eigenvalue weighted by atomic mass is 10.3. The van der Waals surface area contributed by atoms with E-state index in [4.69, 9.17) is 9.47 Å². The summed E-state index contributed by atoms with van der Waals surface area (Å²) in [6.45, 7) is 1.82. The number of benzene rings is 4. The van der Waals surface area contributed by atoms with Crippen LogP contribution in [-0.2, 0) is 19.7 Å². The van der Waals surface area contributed by atoms with Gasteiger partial charge in [-0.05, 0) is 72.8 Å². The predicted octanol–water partition coefficient (Wildman–Crippen LogP) is 5.25. The SMILES string of the molecule is CCC(Oc1ccc(S(=O)(=O)c2ccc(O)cc2)cc1)Oc1ccccc1S(=O)(=O)c1ccccc1. The molecule has 0 aliphatic carbocycles. The topological polar surface area (TPSA) is 107 Å². The number of para-hydroxylation sites is 1. The monoisotopic (exact) mass is 524 g/mol. The third kappa shape index (κ3) is 5.37. The van der Waals surface area contributed by atoms with E-state index in [1.807, 2.05) is 6.92 Å². The minimum absolute atomic E-state index is 0.0218. The summed E-state index contributed by atoms with van der Waals surface area (Å²) >= 11 is 0.